The van der Waals surface area contributed by atoms with Gasteiger partial charge < -0.3 is 28.4 Å². The molecule has 0 N–H and O–H groups in total. The summed E-state index contributed by atoms with van der Waals surface area (Å²) in [5.74, 6) is 5.50. The van der Waals surface area contributed by atoms with E-state index in [-0.39, 0.29) is 39.6 Å². The Morgan fingerprint density at radius 1 is 0.250 bits per heavy atom. The maximum Gasteiger partial charge on any atom is 0.130 e. The molecule has 0 spiro atoms. The molecule has 6 aromatic rings. The van der Waals surface area contributed by atoms with Crippen LogP contribution in [0.2, 0.25) is 0 Å². The number of hydrogen-bond donors (Lipinski definition) is 0. The molecule has 0 aliphatic heterocycles. The second kappa shape index (κ2) is 25.6. The van der Waals surface area contributed by atoms with Crippen LogP contribution in [0.5, 0.6) is 34.5 Å². The fraction of sp³-hybridized carbons (Fsp3) is 0.250. The SMILES string of the molecule is COc1c(C)cccc1P(c1cccc(C)c1OC)c1cccc(C)c1OC.COc1c(C)cccc1P(c1cccc(C)c1OC)c1cccc(C)c1OC.P.P.P.P. The quantitative estimate of drug-likeness (QED) is 0.114. The predicted octanol–water partition coefficient (Wildman–Crippen LogP) is 9.02. The zero-order valence-electron chi connectivity index (χ0n) is 37.6. The summed E-state index contributed by atoms with van der Waals surface area (Å²) < 4.78 is 35.1. The summed E-state index contributed by atoms with van der Waals surface area (Å²) in [7, 11) is 8.52. The Morgan fingerprint density at radius 3 is 0.500 bits per heavy atom. The highest BCUT2D eigenvalue weighted by atomic mass is 31.1. The van der Waals surface area contributed by atoms with E-state index >= 15 is 0 Å². The van der Waals surface area contributed by atoms with E-state index in [1.807, 2.05) is 0 Å². The highest BCUT2D eigenvalue weighted by Crippen LogP contribution is 2.45. The van der Waals surface area contributed by atoms with Crippen molar-refractivity contribution >= 4 is 87.3 Å². The van der Waals surface area contributed by atoms with Crippen LogP contribution in [0.3, 0.4) is 0 Å². The van der Waals surface area contributed by atoms with Gasteiger partial charge in [-0.15, -0.1) is 0 Å². The van der Waals surface area contributed by atoms with Gasteiger partial charge in [0.25, 0.3) is 0 Å². The molecule has 0 aliphatic rings. The summed E-state index contributed by atoms with van der Waals surface area (Å²) in [5, 5.41) is 6.95. The van der Waals surface area contributed by atoms with Gasteiger partial charge in [-0.2, -0.15) is 39.6 Å². The van der Waals surface area contributed by atoms with E-state index in [2.05, 4.69) is 151 Å². The van der Waals surface area contributed by atoms with Gasteiger partial charge in [0.1, 0.15) is 34.5 Å². The van der Waals surface area contributed by atoms with Crippen molar-refractivity contribution in [2.75, 3.05) is 42.7 Å². The van der Waals surface area contributed by atoms with Gasteiger partial charge in [-0.3, -0.25) is 0 Å². The first kappa shape index (κ1) is 54.7. The molecule has 324 valence electrons. The molecule has 12 heteroatoms. The van der Waals surface area contributed by atoms with Gasteiger partial charge >= 0.3 is 0 Å². The molecule has 6 nitrogen and oxygen atoms in total. The van der Waals surface area contributed by atoms with Crippen LogP contribution in [-0.4, -0.2) is 42.7 Å². The van der Waals surface area contributed by atoms with Crippen molar-refractivity contribution in [2.24, 2.45) is 0 Å². The van der Waals surface area contributed by atoms with Crippen LogP contribution in [-0.2, 0) is 0 Å². The summed E-state index contributed by atoms with van der Waals surface area (Å²) in [4.78, 5) is 0. The van der Waals surface area contributed by atoms with E-state index in [1.54, 1.807) is 42.7 Å². The van der Waals surface area contributed by atoms with Crippen LogP contribution in [0, 0.1) is 41.5 Å². The summed E-state index contributed by atoms with van der Waals surface area (Å²) in [5.41, 5.74) is 6.70. The third-order valence-electron chi connectivity index (χ3n) is 9.82. The second-order valence-electron chi connectivity index (χ2n) is 13.4. The molecule has 4 atom stereocenters. The van der Waals surface area contributed by atoms with Crippen molar-refractivity contribution in [2.45, 2.75) is 41.5 Å². The number of hydrogen-bond acceptors (Lipinski definition) is 6. The number of aryl methyl sites for hydroxylation is 6. The van der Waals surface area contributed by atoms with Crippen molar-refractivity contribution in [1.29, 1.82) is 0 Å². The maximum absolute atomic E-state index is 5.84. The molecule has 6 aromatic carbocycles. The van der Waals surface area contributed by atoms with Crippen LogP contribution in [0.15, 0.2) is 109 Å². The lowest BCUT2D eigenvalue weighted by Crippen LogP contribution is -2.25. The highest BCUT2D eigenvalue weighted by Gasteiger charge is 2.29. The molecule has 0 radical (unpaired) electrons. The third kappa shape index (κ3) is 11.6. The van der Waals surface area contributed by atoms with Crippen LogP contribution in [0.1, 0.15) is 33.4 Å². The number of rotatable bonds is 12. The molecule has 0 saturated carbocycles. The zero-order valence-corrected chi connectivity index (χ0v) is 45.0. The molecular weight excluding hydrogens is 858 g/mol. The first-order valence-corrected chi connectivity index (χ1v) is 21.2. The van der Waals surface area contributed by atoms with Crippen LogP contribution in [0.25, 0.3) is 0 Å². The average Bonchev–Trinajstić information content (AvgIpc) is 3.19. The smallest absolute Gasteiger partial charge is 0.130 e. The lowest BCUT2D eigenvalue weighted by atomic mass is 10.2. The summed E-state index contributed by atoms with van der Waals surface area (Å²) in [6.45, 7) is 12.5. The van der Waals surface area contributed by atoms with Crippen molar-refractivity contribution in [1.82, 2.24) is 0 Å². The van der Waals surface area contributed by atoms with Crippen LogP contribution >= 0.6 is 55.4 Å². The minimum absolute atomic E-state index is 0. The van der Waals surface area contributed by atoms with Gasteiger partial charge in [0.05, 0.1) is 42.7 Å². The van der Waals surface area contributed by atoms with Crippen molar-refractivity contribution in [3.05, 3.63) is 143 Å². The van der Waals surface area contributed by atoms with Crippen LogP contribution < -0.4 is 60.2 Å². The largest absolute Gasteiger partial charge is 0.496 e. The van der Waals surface area contributed by atoms with Gasteiger partial charge in [0.15, 0.2) is 0 Å². The van der Waals surface area contributed by atoms with Crippen molar-refractivity contribution < 1.29 is 28.4 Å². The topological polar surface area (TPSA) is 55.4 Å². The minimum atomic E-state index is -0.949. The Balaban J connectivity index is 0.000000562. The van der Waals surface area contributed by atoms with E-state index in [0.717, 1.165) is 99.7 Å². The van der Waals surface area contributed by atoms with Gasteiger partial charge in [0.2, 0.25) is 0 Å². The normalized spacial score (nSPS) is 10.1. The number of ether oxygens (including phenoxy) is 6. The summed E-state index contributed by atoms with van der Waals surface area (Å²) in [6, 6.07) is 37.9. The maximum atomic E-state index is 5.84. The average molecular weight is 925 g/mol. The van der Waals surface area contributed by atoms with E-state index in [1.165, 1.54) is 0 Å². The van der Waals surface area contributed by atoms with Gasteiger partial charge in [-0.1, -0.05) is 109 Å². The molecule has 4 unspecified atom stereocenters. The standard InChI is InChI=1S/2C24H27O3P.4H3P/c2*1-16-10-7-13-19(22(16)25-4)28(20-14-8-11-17(2)23(20)26-5)21-15-9-12-18(3)24(21)27-6;;;;/h2*7-15H,1-6H3;4*1H3. The molecule has 0 fully saturated rings. The monoisotopic (exact) mass is 924 g/mol. The molecule has 6 rings (SSSR count). The minimum Gasteiger partial charge on any atom is -0.496 e. The molecular formula is C48H66O6P6. The molecule has 0 heterocycles. The van der Waals surface area contributed by atoms with Crippen LogP contribution in [0.4, 0.5) is 0 Å². The van der Waals surface area contributed by atoms with E-state index < -0.39 is 15.8 Å². The lowest BCUT2D eigenvalue weighted by molar-refractivity contribution is 0.413. The van der Waals surface area contributed by atoms with E-state index in [4.69, 9.17) is 28.4 Å². The summed E-state index contributed by atoms with van der Waals surface area (Å²) >= 11 is 0. The second-order valence-corrected chi connectivity index (χ2v) is 17.7. The third-order valence-corrected chi connectivity index (χ3v) is 14.8. The fourth-order valence-corrected chi connectivity index (χ4v) is 13.0. The number of benzene rings is 6. The Bertz CT molecular complexity index is 1880. The first-order valence-electron chi connectivity index (χ1n) is 18.5. The molecule has 0 amide bonds. The summed E-state index contributed by atoms with van der Waals surface area (Å²) in [6.07, 6.45) is 0. The van der Waals surface area contributed by atoms with E-state index in [0.29, 0.717) is 0 Å². The number of methoxy groups -OCH3 is 6. The predicted molar refractivity (Wildman–Crippen MR) is 282 cm³/mol. The first-order chi connectivity index (χ1) is 27.1. The van der Waals surface area contributed by atoms with E-state index in [9.17, 15) is 0 Å². The Hall–Kier alpha value is -3.30. The molecule has 60 heavy (non-hydrogen) atoms. The molecule has 0 bridgehead atoms. The van der Waals surface area contributed by atoms with Crippen molar-refractivity contribution in [3.63, 3.8) is 0 Å². The van der Waals surface area contributed by atoms with Gasteiger partial charge in [0, 0.05) is 31.8 Å². The highest BCUT2D eigenvalue weighted by molar-refractivity contribution is 7.80. The van der Waals surface area contributed by atoms with Gasteiger partial charge in [-0.25, -0.2) is 0 Å². The lowest BCUT2D eigenvalue weighted by Gasteiger charge is -2.26. The zero-order chi connectivity index (χ0) is 40.5. The molecule has 0 aromatic heterocycles. The molecule has 0 saturated heterocycles. The van der Waals surface area contributed by atoms with Crippen molar-refractivity contribution in [3.8, 4) is 34.5 Å². The van der Waals surface area contributed by atoms with Gasteiger partial charge in [-0.05, 0) is 90.8 Å². The Kier molecular flexibility index (Phi) is 23.3. The Labute approximate surface area is 375 Å². The number of para-hydroxylation sites is 6. The molecule has 0 aliphatic carbocycles. The fourth-order valence-electron chi connectivity index (χ4n) is 7.25. The Morgan fingerprint density at radius 2 is 0.383 bits per heavy atom.